The van der Waals surface area contributed by atoms with Gasteiger partial charge in [0, 0.05) is 5.69 Å². The van der Waals surface area contributed by atoms with E-state index >= 15 is 0 Å². The van der Waals surface area contributed by atoms with E-state index in [9.17, 15) is 4.79 Å². The molecule has 4 nitrogen and oxygen atoms in total. The lowest BCUT2D eigenvalue weighted by Crippen LogP contribution is -2.40. The van der Waals surface area contributed by atoms with Crippen molar-refractivity contribution in [2.24, 2.45) is 0 Å². The van der Waals surface area contributed by atoms with Gasteiger partial charge in [0.2, 0.25) is 5.91 Å². The Hall–Kier alpha value is -3.27. The van der Waals surface area contributed by atoms with Crippen molar-refractivity contribution in [1.82, 2.24) is 0 Å². The first kappa shape index (κ1) is 17.8. The van der Waals surface area contributed by atoms with Crippen LogP contribution in [0.3, 0.4) is 0 Å². The van der Waals surface area contributed by atoms with Crippen molar-refractivity contribution in [2.45, 2.75) is 24.8 Å². The third-order valence-electron chi connectivity index (χ3n) is 6.26. The van der Waals surface area contributed by atoms with Gasteiger partial charge in [0.1, 0.15) is 11.5 Å². The zero-order chi connectivity index (χ0) is 20.0. The van der Waals surface area contributed by atoms with Crippen molar-refractivity contribution < 1.29 is 14.3 Å². The Morgan fingerprint density at radius 3 is 2.31 bits per heavy atom. The molecular formula is C25H23NO3. The minimum atomic E-state index is -0.516. The molecule has 0 N–H and O–H groups in total. The molecular weight excluding hydrogens is 362 g/mol. The summed E-state index contributed by atoms with van der Waals surface area (Å²) in [7, 11) is 3.34. The van der Waals surface area contributed by atoms with Gasteiger partial charge in [0.05, 0.1) is 26.2 Å². The number of fused-ring (bicyclic) bond motifs is 3. The maximum absolute atomic E-state index is 13.8. The third kappa shape index (κ3) is 2.70. The molecule has 4 heteroatoms. The third-order valence-corrected chi connectivity index (χ3v) is 6.26. The van der Waals surface area contributed by atoms with E-state index in [1.54, 1.807) is 14.2 Å². The molecule has 1 aliphatic heterocycles. The summed E-state index contributed by atoms with van der Waals surface area (Å²) in [5.41, 5.74) is 5.17. The highest BCUT2D eigenvalue weighted by molar-refractivity contribution is 6.09. The van der Waals surface area contributed by atoms with Gasteiger partial charge in [-0.1, -0.05) is 36.4 Å². The fourth-order valence-electron chi connectivity index (χ4n) is 4.79. The topological polar surface area (TPSA) is 38.8 Å². The van der Waals surface area contributed by atoms with Crippen LogP contribution in [0.2, 0.25) is 0 Å². The number of rotatable bonds is 4. The minimum Gasteiger partial charge on any atom is -0.497 e. The molecule has 3 aromatic rings. The molecule has 1 amide bonds. The zero-order valence-electron chi connectivity index (χ0n) is 16.6. The van der Waals surface area contributed by atoms with E-state index in [-0.39, 0.29) is 5.91 Å². The van der Waals surface area contributed by atoms with E-state index < -0.39 is 5.41 Å². The quantitative estimate of drug-likeness (QED) is 0.673. The van der Waals surface area contributed by atoms with Gasteiger partial charge in [-0.05, 0) is 65.4 Å². The number of hydrogen-bond acceptors (Lipinski definition) is 3. The van der Waals surface area contributed by atoms with Crippen LogP contribution < -0.4 is 14.4 Å². The van der Waals surface area contributed by atoms with Crippen LogP contribution in [0.1, 0.15) is 22.3 Å². The Bertz CT molecular complexity index is 1090. The number of para-hydroxylation sites is 1. The summed E-state index contributed by atoms with van der Waals surface area (Å²) in [5.74, 6) is 1.85. The van der Waals surface area contributed by atoms with Crippen LogP contribution in [0.5, 0.6) is 11.5 Å². The summed E-state index contributed by atoms with van der Waals surface area (Å²) in [4.78, 5) is 15.8. The molecule has 0 saturated carbocycles. The van der Waals surface area contributed by atoms with Crippen LogP contribution >= 0.6 is 0 Å². The molecule has 5 rings (SSSR count). The molecule has 0 radical (unpaired) electrons. The predicted octanol–water partition coefficient (Wildman–Crippen LogP) is 4.29. The number of methoxy groups -OCH3 is 2. The molecule has 0 fully saturated rings. The van der Waals surface area contributed by atoms with Gasteiger partial charge in [0.25, 0.3) is 0 Å². The summed E-state index contributed by atoms with van der Waals surface area (Å²) >= 11 is 0. The number of anilines is 1. The Labute approximate surface area is 170 Å². The summed E-state index contributed by atoms with van der Waals surface area (Å²) in [6, 6.07) is 22.3. The van der Waals surface area contributed by atoms with E-state index in [0.29, 0.717) is 13.0 Å². The van der Waals surface area contributed by atoms with Gasteiger partial charge in [-0.25, -0.2) is 0 Å². The second-order valence-electron chi connectivity index (χ2n) is 7.83. The number of benzene rings is 3. The van der Waals surface area contributed by atoms with Crippen LogP contribution in [-0.2, 0) is 29.6 Å². The number of carbonyl (C=O) groups is 1. The van der Waals surface area contributed by atoms with Crippen LogP contribution in [-0.4, -0.2) is 20.1 Å². The highest BCUT2D eigenvalue weighted by Crippen LogP contribution is 2.50. The number of nitrogens with zero attached hydrogens (tertiary/aromatic N) is 1. The molecule has 1 aliphatic carbocycles. The highest BCUT2D eigenvalue weighted by atomic mass is 16.5. The molecule has 1 heterocycles. The standard InChI is InChI=1S/C25H23NO3/c1-28-20-10-7-17(8-11-20)16-26-23-6-4-3-5-22(23)25(24(26)27)14-18-9-12-21(29-2)13-19(18)15-25/h3-13H,14-16H2,1-2H3. The summed E-state index contributed by atoms with van der Waals surface area (Å²) < 4.78 is 10.7. The van der Waals surface area contributed by atoms with E-state index in [1.807, 2.05) is 47.4 Å². The van der Waals surface area contributed by atoms with Gasteiger partial charge >= 0.3 is 0 Å². The lowest BCUT2D eigenvalue weighted by Gasteiger charge is -2.24. The van der Waals surface area contributed by atoms with Crippen molar-refractivity contribution in [1.29, 1.82) is 0 Å². The Morgan fingerprint density at radius 2 is 1.55 bits per heavy atom. The van der Waals surface area contributed by atoms with Gasteiger partial charge in [0.15, 0.2) is 0 Å². The number of carbonyl (C=O) groups excluding carboxylic acids is 1. The van der Waals surface area contributed by atoms with Gasteiger partial charge in [-0.15, -0.1) is 0 Å². The summed E-state index contributed by atoms with van der Waals surface area (Å²) in [6.07, 6.45) is 1.45. The molecule has 2 aliphatic rings. The SMILES string of the molecule is COc1ccc(CN2C(=O)C3(Cc4ccc(OC)cc4C3)c3ccccc32)cc1. The molecule has 0 bridgehead atoms. The molecule has 0 aromatic heterocycles. The fourth-order valence-corrected chi connectivity index (χ4v) is 4.79. The van der Waals surface area contributed by atoms with E-state index in [1.165, 1.54) is 11.1 Å². The fraction of sp³-hybridized carbons (Fsp3) is 0.240. The molecule has 0 saturated heterocycles. The van der Waals surface area contributed by atoms with Crippen molar-refractivity contribution in [3.05, 3.63) is 89.0 Å². The monoisotopic (exact) mass is 385 g/mol. The molecule has 3 aromatic carbocycles. The van der Waals surface area contributed by atoms with Gasteiger partial charge in [-0.3, -0.25) is 4.79 Å². The number of amides is 1. The largest absolute Gasteiger partial charge is 0.497 e. The first-order valence-electron chi connectivity index (χ1n) is 9.85. The van der Waals surface area contributed by atoms with Gasteiger partial charge < -0.3 is 14.4 Å². The first-order valence-corrected chi connectivity index (χ1v) is 9.85. The highest BCUT2D eigenvalue weighted by Gasteiger charge is 2.53. The van der Waals surface area contributed by atoms with Crippen molar-refractivity contribution in [3.8, 4) is 11.5 Å². The van der Waals surface area contributed by atoms with Crippen molar-refractivity contribution in [2.75, 3.05) is 19.1 Å². The van der Waals surface area contributed by atoms with E-state index in [0.717, 1.165) is 34.7 Å². The lowest BCUT2D eigenvalue weighted by atomic mass is 9.79. The summed E-state index contributed by atoms with van der Waals surface area (Å²) in [6.45, 7) is 0.557. The maximum atomic E-state index is 13.8. The normalized spacial score (nSPS) is 19.4. The molecule has 1 atom stereocenters. The Kier molecular flexibility index (Phi) is 4.09. The second kappa shape index (κ2) is 6.66. The Balaban J connectivity index is 1.53. The number of hydrogen-bond donors (Lipinski definition) is 0. The second-order valence-corrected chi connectivity index (χ2v) is 7.83. The average Bonchev–Trinajstić information content (AvgIpc) is 3.26. The smallest absolute Gasteiger partial charge is 0.238 e. The maximum Gasteiger partial charge on any atom is 0.238 e. The molecule has 29 heavy (non-hydrogen) atoms. The van der Waals surface area contributed by atoms with Crippen molar-refractivity contribution >= 4 is 11.6 Å². The van der Waals surface area contributed by atoms with Gasteiger partial charge in [-0.2, -0.15) is 0 Å². The minimum absolute atomic E-state index is 0.185. The van der Waals surface area contributed by atoms with Crippen LogP contribution in [0.4, 0.5) is 5.69 Å². The predicted molar refractivity (Wildman–Crippen MR) is 113 cm³/mol. The first-order chi connectivity index (χ1) is 14.1. The van der Waals surface area contributed by atoms with Crippen LogP contribution in [0.25, 0.3) is 0 Å². The van der Waals surface area contributed by atoms with Crippen LogP contribution in [0.15, 0.2) is 66.7 Å². The van der Waals surface area contributed by atoms with E-state index in [4.69, 9.17) is 9.47 Å². The summed E-state index contributed by atoms with van der Waals surface area (Å²) in [5, 5.41) is 0. The average molecular weight is 385 g/mol. The van der Waals surface area contributed by atoms with Crippen LogP contribution in [0, 0.1) is 0 Å². The molecule has 1 unspecified atom stereocenters. The Morgan fingerprint density at radius 1 is 0.862 bits per heavy atom. The lowest BCUT2D eigenvalue weighted by molar-refractivity contribution is -0.123. The zero-order valence-corrected chi connectivity index (χ0v) is 16.6. The van der Waals surface area contributed by atoms with E-state index in [2.05, 4.69) is 24.3 Å². The molecule has 1 spiro atoms. The molecule has 146 valence electrons. The number of ether oxygens (including phenoxy) is 2. The van der Waals surface area contributed by atoms with Crippen molar-refractivity contribution in [3.63, 3.8) is 0 Å².